The first-order valence-electron chi connectivity index (χ1n) is 9.36. The Morgan fingerprint density at radius 2 is 1.63 bits per heavy atom. The molecule has 1 fully saturated rings. The minimum atomic E-state index is -0.477. The van der Waals surface area contributed by atoms with Gasteiger partial charge in [0.25, 0.3) is 0 Å². The molecule has 27 heavy (non-hydrogen) atoms. The van der Waals surface area contributed by atoms with E-state index in [0.29, 0.717) is 0 Å². The van der Waals surface area contributed by atoms with Crippen LogP contribution in [0.5, 0.6) is 0 Å². The van der Waals surface area contributed by atoms with Gasteiger partial charge in [0.1, 0.15) is 0 Å². The molecule has 0 saturated carbocycles. The molecule has 0 bridgehead atoms. The summed E-state index contributed by atoms with van der Waals surface area (Å²) in [6.45, 7) is 3.59. The summed E-state index contributed by atoms with van der Waals surface area (Å²) in [5, 5.41) is 0. The van der Waals surface area contributed by atoms with Crippen LogP contribution in [0.2, 0.25) is 0 Å². The zero-order chi connectivity index (χ0) is 19.0. The Morgan fingerprint density at radius 3 is 2.26 bits per heavy atom. The fraction of sp³-hybridized carbons (Fsp3) is 0.400. The van der Waals surface area contributed by atoms with E-state index < -0.39 is 11.1 Å². The normalized spacial score (nSPS) is 15.4. The van der Waals surface area contributed by atoms with Crippen LogP contribution in [0, 0.1) is 0 Å². The minimum absolute atomic E-state index is 0.00228. The number of fused-ring (bicyclic) bond motifs is 1. The second-order valence-electron chi connectivity index (χ2n) is 6.99. The molecule has 0 N–H and O–H groups in total. The molecule has 0 unspecified atom stereocenters. The predicted octanol–water partition coefficient (Wildman–Crippen LogP) is 1.89. The number of piperidine rings is 1. The van der Waals surface area contributed by atoms with Crippen molar-refractivity contribution in [3.05, 3.63) is 62.9 Å². The van der Waals surface area contributed by atoms with E-state index in [0.717, 1.165) is 54.9 Å². The van der Waals surface area contributed by atoms with Crippen molar-refractivity contribution in [1.29, 1.82) is 0 Å². The third-order valence-corrected chi connectivity index (χ3v) is 5.42. The number of benzene rings is 1. The first kappa shape index (κ1) is 17.5. The van der Waals surface area contributed by atoms with Gasteiger partial charge in [0.05, 0.1) is 11.0 Å². The summed E-state index contributed by atoms with van der Waals surface area (Å²) in [4.78, 5) is 36.2. The largest absolute Gasteiger partial charge is 0.341 e. The van der Waals surface area contributed by atoms with Crippen molar-refractivity contribution in [2.24, 2.45) is 7.05 Å². The summed E-state index contributed by atoms with van der Waals surface area (Å²) in [6, 6.07) is 7.58. The van der Waals surface area contributed by atoms with Gasteiger partial charge in [0, 0.05) is 38.6 Å². The van der Waals surface area contributed by atoms with Gasteiger partial charge in [-0.3, -0.25) is 14.2 Å². The molecular weight excluding hydrogens is 342 g/mol. The Bertz CT molecular complexity index is 1080. The molecule has 2 aromatic heterocycles. The van der Waals surface area contributed by atoms with Crippen molar-refractivity contribution in [1.82, 2.24) is 19.1 Å². The lowest BCUT2D eigenvalue weighted by atomic mass is 10.0. The Hall–Kier alpha value is -2.96. The first-order chi connectivity index (χ1) is 13.1. The Labute approximate surface area is 156 Å². The number of aromatic nitrogens is 4. The molecule has 0 radical (unpaired) electrons. The zero-order valence-electron chi connectivity index (χ0n) is 15.6. The molecule has 7 nitrogen and oxygen atoms in total. The lowest BCUT2D eigenvalue weighted by molar-refractivity contribution is 0.391. The van der Waals surface area contributed by atoms with E-state index in [4.69, 9.17) is 0 Å². The first-order valence-corrected chi connectivity index (χ1v) is 9.36. The van der Waals surface area contributed by atoms with E-state index in [-0.39, 0.29) is 6.04 Å². The maximum absolute atomic E-state index is 12.7. The number of rotatable bonds is 3. The molecule has 7 heteroatoms. The van der Waals surface area contributed by atoms with Gasteiger partial charge in [-0.05, 0) is 37.0 Å². The van der Waals surface area contributed by atoms with Crippen LogP contribution in [0.25, 0.3) is 11.0 Å². The second-order valence-corrected chi connectivity index (χ2v) is 6.99. The molecule has 3 aromatic rings. The predicted molar refractivity (Wildman–Crippen MR) is 105 cm³/mol. The van der Waals surface area contributed by atoms with Gasteiger partial charge in [-0.25, -0.2) is 9.97 Å². The number of hydrogen-bond donors (Lipinski definition) is 0. The number of nitrogens with zero attached hydrogens (tertiary/aromatic N) is 5. The molecule has 0 aliphatic carbocycles. The SMILES string of the molecule is CCc1cnc(N2CCC(n3c(=O)c(=O)n(C)c4ccccc43)CC2)nc1. The van der Waals surface area contributed by atoms with E-state index in [2.05, 4.69) is 21.8 Å². The van der Waals surface area contributed by atoms with Crippen molar-refractivity contribution in [2.75, 3.05) is 18.0 Å². The van der Waals surface area contributed by atoms with Crippen LogP contribution in [0.4, 0.5) is 5.95 Å². The maximum atomic E-state index is 12.7. The van der Waals surface area contributed by atoms with Gasteiger partial charge < -0.3 is 9.47 Å². The molecule has 0 amide bonds. The Balaban J connectivity index is 1.63. The van der Waals surface area contributed by atoms with E-state index in [1.54, 1.807) is 11.6 Å². The topological polar surface area (TPSA) is 73.0 Å². The summed E-state index contributed by atoms with van der Waals surface area (Å²) in [5.74, 6) is 0.729. The molecule has 4 rings (SSSR count). The number of hydrogen-bond acceptors (Lipinski definition) is 5. The number of para-hydroxylation sites is 2. The molecule has 0 atom stereocenters. The van der Waals surface area contributed by atoms with Crippen molar-refractivity contribution in [3.8, 4) is 0 Å². The Morgan fingerprint density at radius 1 is 1.00 bits per heavy atom. The molecule has 1 aliphatic heterocycles. The van der Waals surface area contributed by atoms with Crippen LogP contribution in [0.3, 0.4) is 0 Å². The van der Waals surface area contributed by atoms with Gasteiger partial charge in [0.15, 0.2) is 0 Å². The molecular formula is C20H23N5O2. The van der Waals surface area contributed by atoms with Crippen LogP contribution < -0.4 is 16.0 Å². The molecule has 140 valence electrons. The molecule has 0 spiro atoms. The van der Waals surface area contributed by atoms with Gasteiger partial charge in [0.2, 0.25) is 5.95 Å². The van der Waals surface area contributed by atoms with E-state index in [9.17, 15) is 9.59 Å². The Kier molecular flexibility index (Phi) is 4.51. The van der Waals surface area contributed by atoms with Crippen LogP contribution in [0.1, 0.15) is 31.4 Å². The van der Waals surface area contributed by atoms with Gasteiger partial charge >= 0.3 is 11.1 Å². The number of anilines is 1. The highest BCUT2D eigenvalue weighted by atomic mass is 16.2. The van der Waals surface area contributed by atoms with E-state index >= 15 is 0 Å². The highest BCUT2D eigenvalue weighted by Gasteiger charge is 2.25. The molecule has 1 saturated heterocycles. The summed E-state index contributed by atoms with van der Waals surface area (Å²) in [7, 11) is 1.65. The lowest BCUT2D eigenvalue weighted by Gasteiger charge is -2.33. The highest BCUT2D eigenvalue weighted by molar-refractivity contribution is 5.75. The average Bonchev–Trinajstić information content (AvgIpc) is 2.73. The van der Waals surface area contributed by atoms with E-state index in [1.807, 2.05) is 36.7 Å². The number of aryl methyl sites for hydroxylation is 2. The molecule has 1 aromatic carbocycles. The third-order valence-electron chi connectivity index (χ3n) is 5.42. The van der Waals surface area contributed by atoms with E-state index in [1.165, 1.54) is 4.57 Å². The quantitative estimate of drug-likeness (QED) is 0.663. The van der Waals surface area contributed by atoms with Crippen molar-refractivity contribution in [3.63, 3.8) is 0 Å². The van der Waals surface area contributed by atoms with Crippen molar-refractivity contribution in [2.45, 2.75) is 32.2 Å². The lowest BCUT2D eigenvalue weighted by Crippen LogP contribution is -2.45. The third kappa shape index (κ3) is 3.03. The van der Waals surface area contributed by atoms with Crippen molar-refractivity contribution >= 4 is 17.0 Å². The van der Waals surface area contributed by atoms with Gasteiger partial charge in [-0.1, -0.05) is 19.1 Å². The summed E-state index contributed by atoms with van der Waals surface area (Å²) in [5.41, 5.74) is 1.79. The van der Waals surface area contributed by atoms with Crippen LogP contribution >= 0.6 is 0 Å². The van der Waals surface area contributed by atoms with Gasteiger partial charge in [-0.15, -0.1) is 0 Å². The van der Waals surface area contributed by atoms with Crippen LogP contribution in [-0.4, -0.2) is 32.2 Å². The average molecular weight is 365 g/mol. The van der Waals surface area contributed by atoms with Crippen LogP contribution in [0.15, 0.2) is 46.2 Å². The monoisotopic (exact) mass is 365 g/mol. The zero-order valence-corrected chi connectivity index (χ0v) is 15.6. The summed E-state index contributed by atoms with van der Waals surface area (Å²) in [6.07, 6.45) is 6.20. The minimum Gasteiger partial charge on any atom is -0.341 e. The van der Waals surface area contributed by atoms with Crippen LogP contribution in [-0.2, 0) is 13.5 Å². The maximum Gasteiger partial charge on any atom is 0.317 e. The summed E-state index contributed by atoms with van der Waals surface area (Å²) >= 11 is 0. The highest BCUT2D eigenvalue weighted by Crippen LogP contribution is 2.26. The fourth-order valence-corrected chi connectivity index (χ4v) is 3.80. The second kappa shape index (κ2) is 6.98. The van der Waals surface area contributed by atoms with Gasteiger partial charge in [-0.2, -0.15) is 0 Å². The molecule has 3 heterocycles. The fourth-order valence-electron chi connectivity index (χ4n) is 3.80. The molecule has 1 aliphatic rings. The van der Waals surface area contributed by atoms with Crippen molar-refractivity contribution < 1.29 is 0 Å². The standard InChI is InChI=1S/C20H23N5O2/c1-3-14-12-21-20(22-13-14)24-10-8-15(9-11-24)25-17-7-5-4-6-16(17)23(2)18(26)19(25)27/h4-7,12-13,15H,3,8-11H2,1-2H3. The summed E-state index contributed by atoms with van der Waals surface area (Å²) < 4.78 is 3.13. The smallest absolute Gasteiger partial charge is 0.317 e.